The van der Waals surface area contributed by atoms with Crippen molar-refractivity contribution < 1.29 is 23.6 Å². The molecule has 136 valence electrons. The van der Waals surface area contributed by atoms with Gasteiger partial charge in [-0.25, -0.2) is 9.18 Å². The summed E-state index contributed by atoms with van der Waals surface area (Å²) in [5.74, 6) is -1.28. The molecule has 7 heteroatoms. The summed E-state index contributed by atoms with van der Waals surface area (Å²) in [5.41, 5.74) is 1.42. The van der Waals surface area contributed by atoms with Gasteiger partial charge in [0.2, 0.25) is 6.10 Å². The minimum atomic E-state index is -0.792. The number of methoxy groups -OCH3 is 1. The summed E-state index contributed by atoms with van der Waals surface area (Å²) in [6.07, 6.45) is 0.636. The summed E-state index contributed by atoms with van der Waals surface area (Å²) in [4.78, 5) is 29.4. The first-order valence-electron chi connectivity index (χ1n) is 8.28. The quantitative estimate of drug-likeness (QED) is 0.765. The van der Waals surface area contributed by atoms with E-state index >= 15 is 0 Å². The summed E-state index contributed by atoms with van der Waals surface area (Å²) in [6, 6.07) is 5.48. The van der Waals surface area contributed by atoms with Crippen LogP contribution in [0.3, 0.4) is 0 Å². The molecule has 0 unspecified atom stereocenters. The molecule has 6 nitrogen and oxygen atoms in total. The topological polar surface area (TPSA) is 77.0 Å². The molecule has 3 atom stereocenters. The molecule has 0 aliphatic carbocycles. The second kappa shape index (κ2) is 8.60. The Morgan fingerprint density at radius 2 is 2.24 bits per heavy atom. The highest BCUT2D eigenvalue weighted by Crippen LogP contribution is 2.17. The van der Waals surface area contributed by atoms with Crippen molar-refractivity contribution in [2.24, 2.45) is 11.1 Å². The molecule has 0 radical (unpaired) electrons. The van der Waals surface area contributed by atoms with Crippen molar-refractivity contribution in [3.8, 4) is 0 Å². The molecule has 0 saturated heterocycles. The van der Waals surface area contributed by atoms with E-state index in [2.05, 4.69) is 10.5 Å². The summed E-state index contributed by atoms with van der Waals surface area (Å²) >= 11 is 0. The number of ether oxygens (including phenoxy) is 1. The van der Waals surface area contributed by atoms with Crippen LogP contribution in [0.15, 0.2) is 29.4 Å². The van der Waals surface area contributed by atoms with E-state index in [-0.39, 0.29) is 11.7 Å². The minimum absolute atomic E-state index is 0.0644. The highest BCUT2D eigenvalue weighted by Gasteiger charge is 2.33. The molecule has 0 spiro atoms. The van der Waals surface area contributed by atoms with Gasteiger partial charge in [0.1, 0.15) is 11.9 Å². The lowest BCUT2D eigenvalue weighted by Crippen LogP contribution is -2.49. The van der Waals surface area contributed by atoms with Crippen LogP contribution in [0.1, 0.15) is 32.3 Å². The third-order valence-corrected chi connectivity index (χ3v) is 4.29. The Morgan fingerprint density at radius 3 is 2.88 bits per heavy atom. The van der Waals surface area contributed by atoms with Crippen molar-refractivity contribution in [1.82, 2.24) is 5.32 Å². The maximum atomic E-state index is 13.2. The smallest absolute Gasteiger partial charge is 0.328 e. The zero-order chi connectivity index (χ0) is 18.4. The average Bonchev–Trinajstić information content (AvgIpc) is 3.06. The van der Waals surface area contributed by atoms with Gasteiger partial charge in [-0.3, -0.25) is 4.79 Å². The van der Waals surface area contributed by atoms with Gasteiger partial charge in [0, 0.05) is 12.8 Å². The van der Waals surface area contributed by atoms with Crippen LogP contribution < -0.4 is 5.32 Å². The lowest BCUT2D eigenvalue weighted by molar-refractivity contribution is -0.148. The molecule has 0 bridgehead atoms. The fraction of sp³-hybridized carbons (Fsp3) is 0.500. The van der Waals surface area contributed by atoms with E-state index in [1.165, 1.54) is 19.2 Å². The highest BCUT2D eigenvalue weighted by atomic mass is 19.1. The van der Waals surface area contributed by atoms with Crippen LogP contribution in [0, 0.1) is 11.7 Å². The standard InChI is InChI=1S/C18H23FN2O4/c1-4-11(2)16(18(23)24-3)20-17(22)15-10-14(21-25-15)9-12-6-5-7-13(19)8-12/h5-8,11,15-16H,4,9-10H2,1-3H3,(H,20,22)/t11-,15+,16-/m0/s1. The Bertz CT molecular complexity index is 662. The Hall–Kier alpha value is -2.44. The molecule has 1 amide bonds. The van der Waals surface area contributed by atoms with E-state index in [1.54, 1.807) is 12.1 Å². The van der Waals surface area contributed by atoms with E-state index in [9.17, 15) is 14.0 Å². The summed E-state index contributed by atoms with van der Waals surface area (Å²) in [5, 5.41) is 6.60. The number of rotatable bonds is 7. The van der Waals surface area contributed by atoms with Gasteiger partial charge in [-0.15, -0.1) is 0 Å². The number of carbonyl (C=O) groups is 2. The van der Waals surface area contributed by atoms with Crippen molar-refractivity contribution in [3.05, 3.63) is 35.6 Å². The van der Waals surface area contributed by atoms with Gasteiger partial charge in [-0.05, 0) is 23.6 Å². The summed E-state index contributed by atoms with van der Waals surface area (Å²) < 4.78 is 18.0. The molecule has 1 aromatic carbocycles. The van der Waals surface area contributed by atoms with Gasteiger partial charge in [-0.2, -0.15) is 0 Å². The first-order valence-corrected chi connectivity index (χ1v) is 8.28. The van der Waals surface area contributed by atoms with Gasteiger partial charge in [0.25, 0.3) is 5.91 Å². The predicted octanol–water partition coefficient (Wildman–Crippen LogP) is 2.22. The van der Waals surface area contributed by atoms with Crippen LogP contribution in [0.2, 0.25) is 0 Å². The number of benzene rings is 1. The lowest BCUT2D eigenvalue weighted by Gasteiger charge is -2.22. The van der Waals surface area contributed by atoms with Crippen LogP contribution in [0.4, 0.5) is 4.39 Å². The van der Waals surface area contributed by atoms with E-state index in [0.717, 1.165) is 5.56 Å². The Kier molecular flexibility index (Phi) is 6.50. The number of nitrogens with zero attached hydrogens (tertiary/aromatic N) is 1. The molecular formula is C18H23FN2O4. The number of nitrogens with one attached hydrogen (secondary N) is 1. The fourth-order valence-electron chi connectivity index (χ4n) is 2.60. The number of hydrogen-bond acceptors (Lipinski definition) is 5. The lowest BCUT2D eigenvalue weighted by atomic mass is 9.98. The normalized spacial score (nSPS) is 18.7. The average molecular weight is 350 g/mol. The third kappa shape index (κ3) is 5.01. The predicted molar refractivity (Wildman–Crippen MR) is 90.4 cm³/mol. The molecule has 25 heavy (non-hydrogen) atoms. The van der Waals surface area contributed by atoms with Gasteiger partial charge in [0.15, 0.2) is 0 Å². The number of carbonyl (C=O) groups excluding carboxylic acids is 2. The van der Waals surface area contributed by atoms with Crippen molar-refractivity contribution in [1.29, 1.82) is 0 Å². The summed E-state index contributed by atoms with van der Waals surface area (Å²) in [6.45, 7) is 3.79. The number of amides is 1. The Balaban J connectivity index is 1.93. The Morgan fingerprint density at radius 1 is 1.48 bits per heavy atom. The van der Waals surface area contributed by atoms with Crippen molar-refractivity contribution in [2.45, 2.75) is 45.3 Å². The monoisotopic (exact) mass is 350 g/mol. The fourth-order valence-corrected chi connectivity index (χ4v) is 2.60. The molecule has 2 rings (SSSR count). The number of halogens is 1. The zero-order valence-corrected chi connectivity index (χ0v) is 14.6. The van der Waals surface area contributed by atoms with Crippen LogP contribution in [-0.4, -0.2) is 36.8 Å². The molecule has 1 aliphatic rings. The molecule has 1 heterocycles. The van der Waals surface area contributed by atoms with E-state index in [0.29, 0.717) is 25.0 Å². The van der Waals surface area contributed by atoms with E-state index in [1.807, 2.05) is 13.8 Å². The van der Waals surface area contributed by atoms with Crippen LogP contribution in [0.5, 0.6) is 0 Å². The third-order valence-electron chi connectivity index (χ3n) is 4.29. The number of hydrogen-bond donors (Lipinski definition) is 1. The molecule has 0 fully saturated rings. The van der Waals surface area contributed by atoms with E-state index in [4.69, 9.17) is 9.57 Å². The first-order chi connectivity index (χ1) is 11.9. The van der Waals surface area contributed by atoms with Crippen molar-refractivity contribution in [3.63, 3.8) is 0 Å². The molecule has 1 N–H and O–H groups in total. The van der Waals surface area contributed by atoms with Gasteiger partial charge in [0.05, 0.1) is 12.8 Å². The van der Waals surface area contributed by atoms with Crippen LogP contribution >= 0.6 is 0 Å². The van der Waals surface area contributed by atoms with Crippen LogP contribution in [-0.2, 0) is 25.6 Å². The summed E-state index contributed by atoms with van der Waals surface area (Å²) in [7, 11) is 1.29. The number of esters is 1. The van der Waals surface area contributed by atoms with E-state index < -0.39 is 24.0 Å². The molecule has 0 saturated carbocycles. The van der Waals surface area contributed by atoms with Crippen molar-refractivity contribution >= 4 is 17.6 Å². The first kappa shape index (κ1) is 18.9. The van der Waals surface area contributed by atoms with Gasteiger partial charge < -0.3 is 14.9 Å². The minimum Gasteiger partial charge on any atom is -0.467 e. The maximum Gasteiger partial charge on any atom is 0.328 e. The molecule has 0 aromatic heterocycles. The molecular weight excluding hydrogens is 327 g/mol. The SMILES string of the molecule is CC[C@H](C)[C@H](NC(=O)[C@H]1CC(Cc2cccc(F)c2)=NO1)C(=O)OC. The highest BCUT2D eigenvalue weighted by molar-refractivity contribution is 5.95. The number of oxime groups is 1. The largest absolute Gasteiger partial charge is 0.467 e. The Labute approximate surface area is 146 Å². The molecule has 1 aromatic rings. The van der Waals surface area contributed by atoms with Crippen LogP contribution in [0.25, 0.3) is 0 Å². The second-order valence-corrected chi connectivity index (χ2v) is 6.16. The second-order valence-electron chi connectivity index (χ2n) is 6.16. The van der Waals surface area contributed by atoms with Crippen molar-refractivity contribution in [2.75, 3.05) is 7.11 Å². The zero-order valence-electron chi connectivity index (χ0n) is 14.6. The molecule has 1 aliphatic heterocycles. The van der Waals surface area contributed by atoms with Gasteiger partial charge in [-0.1, -0.05) is 37.6 Å². The maximum absolute atomic E-state index is 13.2. The van der Waals surface area contributed by atoms with Gasteiger partial charge >= 0.3 is 5.97 Å².